The molecular weight excluding hydrogens is 358 g/mol. The van der Waals surface area contributed by atoms with Crippen LogP contribution in [0.4, 0.5) is 0 Å². The van der Waals surface area contributed by atoms with Crippen LogP contribution in [0, 0.1) is 5.92 Å². The van der Waals surface area contributed by atoms with Crippen LogP contribution in [0.25, 0.3) is 0 Å². The van der Waals surface area contributed by atoms with Crippen LogP contribution in [-0.4, -0.2) is 31.0 Å². The molecule has 0 spiro atoms. The van der Waals surface area contributed by atoms with Crippen molar-refractivity contribution in [2.24, 2.45) is 11.7 Å². The van der Waals surface area contributed by atoms with E-state index in [1.165, 1.54) is 116 Å². The quantitative estimate of drug-likeness (QED) is 0.162. The second-order valence-electron chi connectivity index (χ2n) is 9.20. The lowest BCUT2D eigenvalue weighted by Crippen LogP contribution is -2.30. The van der Waals surface area contributed by atoms with Gasteiger partial charge in [-0.25, -0.2) is 0 Å². The van der Waals surface area contributed by atoms with Crippen LogP contribution in [-0.2, 0) is 4.74 Å². The fourth-order valence-corrected chi connectivity index (χ4v) is 4.10. The molecule has 0 aromatic carbocycles. The van der Waals surface area contributed by atoms with Crippen LogP contribution in [0.5, 0.6) is 0 Å². The maximum Gasteiger partial charge on any atom is 0.0639 e. The monoisotopic (exact) mass is 413 g/mol. The first kappa shape index (κ1) is 28.9. The second-order valence-corrected chi connectivity index (χ2v) is 9.20. The highest BCUT2D eigenvalue weighted by Gasteiger charge is 2.09. The van der Waals surface area contributed by atoms with Gasteiger partial charge in [-0.1, -0.05) is 129 Å². The predicted molar refractivity (Wildman–Crippen MR) is 128 cm³/mol. The summed E-state index contributed by atoms with van der Waals surface area (Å²) in [5, 5.41) is 8.99. The van der Waals surface area contributed by atoms with Gasteiger partial charge < -0.3 is 15.6 Å². The van der Waals surface area contributed by atoms with Gasteiger partial charge in [-0.05, 0) is 12.3 Å². The largest absolute Gasteiger partial charge is 0.395 e. The van der Waals surface area contributed by atoms with E-state index in [2.05, 4.69) is 13.8 Å². The molecule has 176 valence electrons. The molecule has 0 saturated heterocycles. The van der Waals surface area contributed by atoms with Gasteiger partial charge in [0.15, 0.2) is 0 Å². The van der Waals surface area contributed by atoms with E-state index in [-0.39, 0.29) is 12.6 Å². The smallest absolute Gasteiger partial charge is 0.0639 e. The maximum atomic E-state index is 8.99. The van der Waals surface area contributed by atoms with E-state index in [1.54, 1.807) is 0 Å². The Hall–Kier alpha value is -0.120. The fourth-order valence-electron chi connectivity index (χ4n) is 4.10. The molecule has 2 atom stereocenters. The first-order valence-corrected chi connectivity index (χ1v) is 13.2. The molecule has 1 unspecified atom stereocenters. The Labute approximate surface area is 183 Å². The average molecular weight is 414 g/mol. The third-order valence-electron chi connectivity index (χ3n) is 6.17. The Morgan fingerprint density at radius 1 is 0.621 bits per heavy atom. The summed E-state index contributed by atoms with van der Waals surface area (Å²) >= 11 is 0. The summed E-state index contributed by atoms with van der Waals surface area (Å²) in [6.07, 6.45) is 26.3. The summed E-state index contributed by atoms with van der Waals surface area (Å²) in [6.45, 7) is 5.86. The first-order chi connectivity index (χ1) is 14.2. The van der Waals surface area contributed by atoms with Gasteiger partial charge in [0, 0.05) is 6.61 Å². The van der Waals surface area contributed by atoms with Crippen molar-refractivity contribution in [2.75, 3.05) is 19.8 Å². The molecule has 3 nitrogen and oxygen atoms in total. The predicted octanol–water partition coefficient (Wildman–Crippen LogP) is 7.39. The normalized spacial score (nSPS) is 13.7. The van der Waals surface area contributed by atoms with Crippen LogP contribution >= 0.6 is 0 Å². The Kier molecular flexibility index (Phi) is 24.1. The molecule has 3 N–H and O–H groups in total. The van der Waals surface area contributed by atoms with Crippen LogP contribution < -0.4 is 5.73 Å². The topological polar surface area (TPSA) is 55.5 Å². The zero-order valence-corrected chi connectivity index (χ0v) is 20.1. The highest BCUT2D eigenvalue weighted by molar-refractivity contribution is 4.62. The van der Waals surface area contributed by atoms with Gasteiger partial charge in [-0.3, -0.25) is 0 Å². The van der Waals surface area contributed by atoms with Crippen molar-refractivity contribution in [1.29, 1.82) is 0 Å². The lowest BCUT2D eigenvalue weighted by molar-refractivity contribution is 0.0887. The minimum atomic E-state index is -0.228. The summed E-state index contributed by atoms with van der Waals surface area (Å²) in [7, 11) is 0. The Balaban J connectivity index is 3.74. The van der Waals surface area contributed by atoms with Crippen LogP contribution in [0.1, 0.15) is 136 Å². The summed E-state index contributed by atoms with van der Waals surface area (Å²) < 4.78 is 5.68. The van der Waals surface area contributed by atoms with Gasteiger partial charge in [0.2, 0.25) is 0 Å². The molecule has 3 heteroatoms. The number of rotatable bonds is 24. The minimum Gasteiger partial charge on any atom is -0.395 e. The third kappa shape index (κ3) is 22.4. The third-order valence-corrected chi connectivity index (χ3v) is 6.17. The molecule has 0 fully saturated rings. The van der Waals surface area contributed by atoms with Crippen molar-refractivity contribution in [3.8, 4) is 0 Å². The minimum absolute atomic E-state index is 0.0135. The van der Waals surface area contributed by atoms with Crippen molar-refractivity contribution in [3.05, 3.63) is 0 Å². The number of nitrogens with two attached hydrogens (primary N) is 1. The van der Waals surface area contributed by atoms with Gasteiger partial charge >= 0.3 is 0 Å². The molecule has 0 aliphatic rings. The number of hydrogen-bond acceptors (Lipinski definition) is 3. The molecule has 0 rings (SSSR count). The van der Waals surface area contributed by atoms with Crippen LogP contribution in [0.15, 0.2) is 0 Å². The number of aliphatic hydroxyl groups is 1. The van der Waals surface area contributed by atoms with Crippen molar-refractivity contribution < 1.29 is 9.84 Å². The first-order valence-electron chi connectivity index (χ1n) is 13.2. The van der Waals surface area contributed by atoms with E-state index in [4.69, 9.17) is 15.6 Å². The van der Waals surface area contributed by atoms with E-state index in [0.717, 1.165) is 18.9 Å². The van der Waals surface area contributed by atoms with Gasteiger partial charge in [-0.2, -0.15) is 0 Å². The van der Waals surface area contributed by atoms with E-state index in [9.17, 15) is 0 Å². The summed E-state index contributed by atoms with van der Waals surface area (Å²) in [5.74, 6) is 0.806. The Bertz CT molecular complexity index is 298. The Morgan fingerprint density at radius 3 is 1.45 bits per heavy atom. The van der Waals surface area contributed by atoms with Crippen molar-refractivity contribution in [2.45, 2.75) is 142 Å². The SMILES string of the molecule is CCCCCCCCCCCCC[C@@H](CCCCCCC)CCOCC(N)CO. The molecule has 29 heavy (non-hydrogen) atoms. The molecule has 0 aromatic rings. The highest BCUT2D eigenvalue weighted by atomic mass is 16.5. The highest BCUT2D eigenvalue weighted by Crippen LogP contribution is 2.22. The summed E-state index contributed by atoms with van der Waals surface area (Å²) in [5.41, 5.74) is 5.72. The molecule has 0 heterocycles. The zero-order valence-electron chi connectivity index (χ0n) is 20.1. The molecule has 0 aliphatic carbocycles. The van der Waals surface area contributed by atoms with Gasteiger partial charge in [0.25, 0.3) is 0 Å². The molecule has 0 aliphatic heterocycles. The number of ether oxygens (including phenoxy) is 1. The van der Waals surface area contributed by atoms with Gasteiger partial charge in [0.1, 0.15) is 0 Å². The van der Waals surface area contributed by atoms with E-state index < -0.39 is 0 Å². The molecule has 0 bridgehead atoms. The van der Waals surface area contributed by atoms with Crippen molar-refractivity contribution in [1.82, 2.24) is 0 Å². The standard InChI is InChI=1S/C26H55NO2/c1-3-5-7-9-10-11-12-13-14-16-18-20-25(19-17-15-8-6-4-2)21-22-29-24-26(27)23-28/h25-26,28H,3-24,27H2,1-2H3/t25-,26?/m1/s1. The second kappa shape index (κ2) is 24.2. The van der Waals surface area contributed by atoms with Crippen molar-refractivity contribution >= 4 is 0 Å². The number of hydrogen-bond donors (Lipinski definition) is 2. The van der Waals surface area contributed by atoms with Crippen LogP contribution in [0.3, 0.4) is 0 Å². The average Bonchev–Trinajstić information content (AvgIpc) is 2.73. The maximum absolute atomic E-state index is 8.99. The molecular formula is C26H55NO2. The molecule has 0 amide bonds. The molecule has 0 saturated carbocycles. The van der Waals surface area contributed by atoms with Gasteiger partial charge in [-0.15, -0.1) is 0 Å². The van der Waals surface area contributed by atoms with Gasteiger partial charge in [0.05, 0.1) is 19.3 Å². The molecule has 0 radical (unpaired) electrons. The van der Waals surface area contributed by atoms with E-state index >= 15 is 0 Å². The number of unbranched alkanes of at least 4 members (excludes halogenated alkanes) is 14. The molecule has 0 aromatic heterocycles. The van der Waals surface area contributed by atoms with E-state index in [0.29, 0.717) is 6.61 Å². The van der Waals surface area contributed by atoms with E-state index in [1.807, 2.05) is 0 Å². The summed E-state index contributed by atoms with van der Waals surface area (Å²) in [6, 6.07) is -0.228. The lowest BCUT2D eigenvalue weighted by Gasteiger charge is -2.18. The van der Waals surface area contributed by atoms with Crippen molar-refractivity contribution in [3.63, 3.8) is 0 Å². The van der Waals surface area contributed by atoms with Crippen LogP contribution in [0.2, 0.25) is 0 Å². The summed E-state index contributed by atoms with van der Waals surface area (Å²) in [4.78, 5) is 0. The Morgan fingerprint density at radius 2 is 1.03 bits per heavy atom. The number of aliphatic hydroxyl groups excluding tert-OH is 1. The lowest BCUT2D eigenvalue weighted by atomic mass is 9.91. The zero-order chi connectivity index (χ0) is 21.4. The fraction of sp³-hybridized carbons (Fsp3) is 1.00.